The Hall–Kier alpha value is -2.57. The van der Waals surface area contributed by atoms with Crippen LogP contribution in [0.1, 0.15) is 31.2 Å². The minimum atomic E-state index is -0.910. The molecule has 1 fully saturated rings. The molecule has 0 radical (unpaired) electrons. The molecule has 2 amide bonds. The summed E-state index contributed by atoms with van der Waals surface area (Å²) in [7, 11) is 0. The lowest BCUT2D eigenvalue weighted by molar-refractivity contribution is -0.138. The summed E-state index contributed by atoms with van der Waals surface area (Å²) in [4.78, 5) is 35.6. The van der Waals surface area contributed by atoms with Crippen LogP contribution in [0.4, 0.5) is 4.79 Å². The average molecular weight is 320 g/mol. The molecule has 1 saturated heterocycles. The van der Waals surface area contributed by atoms with Crippen molar-refractivity contribution in [2.24, 2.45) is 11.7 Å². The molecule has 23 heavy (non-hydrogen) atoms. The van der Waals surface area contributed by atoms with E-state index in [2.05, 4.69) is 0 Å². The van der Waals surface area contributed by atoms with E-state index in [9.17, 15) is 14.4 Å². The fraction of sp³-hybridized carbons (Fsp3) is 0.438. The van der Waals surface area contributed by atoms with Crippen LogP contribution in [0.25, 0.3) is 0 Å². The molecule has 0 spiro atoms. The first-order valence-corrected chi connectivity index (χ1v) is 7.47. The number of rotatable bonds is 4. The number of piperidine rings is 1. The molecule has 1 aliphatic heterocycles. The molecule has 1 heterocycles. The van der Waals surface area contributed by atoms with Crippen LogP contribution in [0.15, 0.2) is 24.3 Å². The Balaban J connectivity index is 1.91. The Bertz CT molecular complexity index is 591. The molecule has 7 nitrogen and oxygen atoms in total. The summed E-state index contributed by atoms with van der Waals surface area (Å²) in [5, 5.41) is 8.96. The van der Waals surface area contributed by atoms with Gasteiger partial charge in [0, 0.05) is 19.0 Å². The van der Waals surface area contributed by atoms with Crippen molar-refractivity contribution in [1.29, 1.82) is 0 Å². The van der Waals surface area contributed by atoms with E-state index in [4.69, 9.17) is 15.6 Å². The second-order valence-electron chi connectivity index (χ2n) is 5.66. The smallest absolute Gasteiger partial charge is 0.415 e. The van der Waals surface area contributed by atoms with E-state index < -0.39 is 18.0 Å². The highest BCUT2D eigenvalue weighted by molar-refractivity contribution is 5.77. The summed E-state index contributed by atoms with van der Waals surface area (Å²) in [5.41, 5.74) is 5.90. The second kappa shape index (κ2) is 7.13. The maximum atomic E-state index is 12.1. The van der Waals surface area contributed by atoms with E-state index in [-0.39, 0.29) is 11.8 Å². The largest absolute Gasteiger partial charge is 0.481 e. The first-order valence-electron chi connectivity index (χ1n) is 7.47. The van der Waals surface area contributed by atoms with Crippen LogP contribution in [0.2, 0.25) is 0 Å². The molecule has 1 aliphatic rings. The van der Waals surface area contributed by atoms with Crippen molar-refractivity contribution in [1.82, 2.24) is 4.90 Å². The summed E-state index contributed by atoms with van der Waals surface area (Å²) < 4.78 is 5.27. The molecule has 0 saturated carbocycles. The fourth-order valence-electron chi connectivity index (χ4n) is 2.48. The van der Waals surface area contributed by atoms with E-state index in [0.29, 0.717) is 37.2 Å². The Morgan fingerprint density at radius 3 is 2.26 bits per heavy atom. The van der Waals surface area contributed by atoms with Crippen LogP contribution in [0.3, 0.4) is 0 Å². The second-order valence-corrected chi connectivity index (χ2v) is 5.66. The Labute approximate surface area is 134 Å². The highest BCUT2D eigenvalue weighted by atomic mass is 16.6. The van der Waals surface area contributed by atoms with Gasteiger partial charge in [0.2, 0.25) is 5.91 Å². The number of likely N-dealkylation sites (tertiary alicyclic amines) is 1. The lowest BCUT2D eigenvalue weighted by atomic mass is 9.97. The van der Waals surface area contributed by atoms with Crippen LogP contribution in [0.5, 0.6) is 5.75 Å². The lowest BCUT2D eigenvalue weighted by Crippen LogP contribution is -2.42. The molecule has 7 heteroatoms. The van der Waals surface area contributed by atoms with Crippen molar-refractivity contribution in [3.63, 3.8) is 0 Å². The van der Waals surface area contributed by atoms with Crippen LogP contribution < -0.4 is 10.5 Å². The van der Waals surface area contributed by atoms with E-state index >= 15 is 0 Å². The fourth-order valence-corrected chi connectivity index (χ4v) is 2.48. The number of carboxylic acid groups (broad SMARTS) is 1. The van der Waals surface area contributed by atoms with Gasteiger partial charge in [-0.25, -0.2) is 4.79 Å². The standard InChI is InChI=1S/C16H20N2O5/c1-10(15(20)21)11-2-4-13(5-3-11)23-16(22)18-8-6-12(7-9-18)14(17)19/h2-5,10,12H,6-9H2,1H3,(H2,17,19)(H,20,21). The number of hydrogen-bond donors (Lipinski definition) is 2. The molecule has 1 atom stereocenters. The van der Waals surface area contributed by atoms with Crippen LogP contribution in [0, 0.1) is 5.92 Å². The van der Waals surface area contributed by atoms with Gasteiger partial charge in [-0.2, -0.15) is 0 Å². The Morgan fingerprint density at radius 1 is 1.22 bits per heavy atom. The van der Waals surface area contributed by atoms with Crippen molar-refractivity contribution >= 4 is 18.0 Å². The van der Waals surface area contributed by atoms with Crippen LogP contribution in [-0.4, -0.2) is 41.1 Å². The molecule has 1 aromatic carbocycles. The predicted molar refractivity (Wildman–Crippen MR) is 82.0 cm³/mol. The van der Waals surface area contributed by atoms with Gasteiger partial charge in [0.25, 0.3) is 0 Å². The van der Waals surface area contributed by atoms with Crippen molar-refractivity contribution in [3.8, 4) is 5.75 Å². The molecule has 1 unspecified atom stereocenters. The summed E-state index contributed by atoms with van der Waals surface area (Å²) in [5.74, 6) is -1.69. The zero-order valence-corrected chi connectivity index (χ0v) is 12.9. The SMILES string of the molecule is CC(C(=O)O)c1ccc(OC(=O)N2CCC(C(N)=O)CC2)cc1. The number of carbonyl (C=O) groups excluding carboxylic acids is 2. The molecule has 3 N–H and O–H groups in total. The van der Waals surface area contributed by atoms with Crippen molar-refractivity contribution < 1.29 is 24.2 Å². The lowest BCUT2D eigenvalue weighted by Gasteiger charge is -2.29. The minimum absolute atomic E-state index is 0.184. The number of carbonyl (C=O) groups is 3. The van der Waals surface area contributed by atoms with E-state index in [1.165, 1.54) is 4.90 Å². The van der Waals surface area contributed by atoms with Crippen molar-refractivity contribution in [2.45, 2.75) is 25.7 Å². The summed E-state index contributed by atoms with van der Waals surface area (Å²) in [6.07, 6.45) is 0.603. The molecule has 0 aromatic heterocycles. The monoisotopic (exact) mass is 320 g/mol. The van der Waals surface area contributed by atoms with Gasteiger partial charge < -0.3 is 20.5 Å². The summed E-state index contributed by atoms with van der Waals surface area (Å²) in [6.45, 7) is 2.45. The number of aliphatic carboxylic acids is 1. The number of primary amides is 1. The normalized spacial score (nSPS) is 16.7. The topological polar surface area (TPSA) is 110 Å². The zero-order chi connectivity index (χ0) is 17.0. The highest BCUT2D eigenvalue weighted by Gasteiger charge is 2.27. The first kappa shape index (κ1) is 16.8. The molecular weight excluding hydrogens is 300 g/mol. The van der Waals surface area contributed by atoms with E-state index in [0.717, 1.165) is 0 Å². The number of nitrogens with zero attached hydrogens (tertiary/aromatic N) is 1. The maximum absolute atomic E-state index is 12.1. The van der Waals surface area contributed by atoms with Gasteiger partial charge in [-0.3, -0.25) is 9.59 Å². The van der Waals surface area contributed by atoms with Gasteiger partial charge in [-0.1, -0.05) is 12.1 Å². The third kappa shape index (κ3) is 4.21. The molecule has 2 rings (SSSR count). The molecule has 0 aliphatic carbocycles. The Kier molecular flexibility index (Phi) is 5.20. The quantitative estimate of drug-likeness (QED) is 0.875. The summed E-state index contributed by atoms with van der Waals surface area (Å²) in [6, 6.07) is 6.40. The molecule has 0 bridgehead atoms. The van der Waals surface area contributed by atoms with E-state index in [1.54, 1.807) is 31.2 Å². The Morgan fingerprint density at radius 2 is 1.78 bits per heavy atom. The summed E-state index contributed by atoms with van der Waals surface area (Å²) >= 11 is 0. The van der Waals surface area contributed by atoms with Gasteiger partial charge in [0.1, 0.15) is 5.75 Å². The maximum Gasteiger partial charge on any atom is 0.415 e. The third-order valence-corrected chi connectivity index (χ3v) is 4.11. The number of benzene rings is 1. The van der Waals surface area contributed by atoms with Gasteiger partial charge in [-0.15, -0.1) is 0 Å². The number of carboxylic acids is 1. The molecular formula is C16H20N2O5. The van der Waals surface area contributed by atoms with Gasteiger partial charge in [-0.05, 0) is 37.5 Å². The minimum Gasteiger partial charge on any atom is -0.481 e. The molecule has 124 valence electrons. The number of nitrogens with two attached hydrogens (primary N) is 1. The predicted octanol–water partition coefficient (Wildman–Crippen LogP) is 1.57. The first-order chi connectivity index (χ1) is 10.9. The van der Waals surface area contributed by atoms with Crippen molar-refractivity contribution in [2.75, 3.05) is 13.1 Å². The zero-order valence-electron chi connectivity index (χ0n) is 12.9. The van der Waals surface area contributed by atoms with Crippen LogP contribution >= 0.6 is 0 Å². The number of hydrogen-bond acceptors (Lipinski definition) is 4. The third-order valence-electron chi connectivity index (χ3n) is 4.11. The van der Waals surface area contributed by atoms with Gasteiger partial charge in [0.15, 0.2) is 0 Å². The van der Waals surface area contributed by atoms with Gasteiger partial charge >= 0.3 is 12.1 Å². The average Bonchev–Trinajstić information content (AvgIpc) is 2.54. The van der Waals surface area contributed by atoms with Gasteiger partial charge in [0.05, 0.1) is 5.92 Å². The molecule has 1 aromatic rings. The number of amides is 2. The van der Waals surface area contributed by atoms with E-state index in [1.807, 2.05) is 0 Å². The highest BCUT2D eigenvalue weighted by Crippen LogP contribution is 2.21. The van der Waals surface area contributed by atoms with Crippen LogP contribution in [-0.2, 0) is 9.59 Å². The number of ether oxygens (including phenoxy) is 1. The van der Waals surface area contributed by atoms with Crippen molar-refractivity contribution in [3.05, 3.63) is 29.8 Å².